The lowest BCUT2D eigenvalue weighted by molar-refractivity contribution is -0.132. The van der Waals surface area contributed by atoms with Crippen molar-refractivity contribution in [3.05, 3.63) is 59.4 Å². The van der Waals surface area contributed by atoms with Gasteiger partial charge in [0.15, 0.2) is 0 Å². The number of piperazine rings is 1. The molecule has 1 aliphatic heterocycles. The van der Waals surface area contributed by atoms with Crippen LogP contribution in [0.3, 0.4) is 0 Å². The van der Waals surface area contributed by atoms with E-state index in [1.165, 1.54) is 22.8 Å². The summed E-state index contributed by atoms with van der Waals surface area (Å²) in [5.74, 6) is 0.0402. The highest BCUT2D eigenvalue weighted by Crippen LogP contribution is 2.17. The third kappa shape index (κ3) is 4.41. The highest BCUT2D eigenvalue weighted by Gasteiger charge is 2.29. The fraction of sp³-hybridized carbons (Fsp3) is 0.333. The van der Waals surface area contributed by atoms with Crippen LogP contribution >= 0.6 is 11.6 Å². The standard InChI is InChI=1S/C18H20ClN3O3S/c19-16-6-3-15(4-7-16)5-8-18(23)21-10-12-22(13-11-21)26(24,25)17-2-1-9-20-14-17/h1-4,6-7,9,14H,5,8,10-13H2. The molecular formula is C18H20ClN3O3S. The minimum absolute atomic E-state index is 0.0402. The number of amides is 1. The Hall–Kier alpha value is -1.96. The summed E-state index contributed by atoms with van der Waals surface area (Å²) in [4.78, 5) is 18.2. The van der Waals surface area contributed by atoms with Crippen LogP contribution in [0.1, 0.15) is 12.0 Å². The van der Waals surface area contributed by atoms with Gasteiger partial charge < -0.3 is 4.90 Å². The molecule has 8 heteroatoms. The molecule has 0 spiro atoms. The lowest BCUT2D eigenvalue weighted by Gasteiger charge is -2.34. The number of hydrogen-bond acceptors (Lipinski definition) is 4. The first kappa shape index (κ1) is 18.8. The first-order valence-corrected chi connectivity index (χ1v) is 10.2. The Bertz CT molecular complexity index is 849. The molecule has 138 valence electrons. The zero-order valence-electron chi connectivity index (χ0n) is 14.2. The van der Waals surface area contributed by atoms with Crippen LogP contribution in [0.15, 0.2) is 53.7 Å². The van der Waals surface area contributed by atoms with Crippen LogP contribution in [-0.2, 0) is 21.2 Å². The summed E-state index contributed by atoms with van der Waals surface area (Å²) >= 11 is 5.86. The summed E-state index contributed by atoms with van der Waals surface area (Å²) in [7, 11) is -3.55. The van der Waals surface area contributed by atoms with Crippen LogP contribution in [0, 0.1) is 0 Å². The molecule has 1 amide bonds. The van der Waals surface area contributed by atoms with Crippen molar-refractivity contribution in [2.45, 2.75) is 17.7 Å². The lowest BCUT2D eigenvalue weighted by atomic mass is 10.1. The van der Waals surface area contributed by atoms with Crippen molar-refractivity contribution in [1.82, 2.24) is 14.2 Å². The van der Waals surface area contributed by atoms with Gasteiger partial charge in [0.05, 0.1) is 0 Å². The normalized spacial score (nSPS) is 15.8. The predicted octanol–water partition coefficient (Wildman–Crippen LogP) is 2.20. The van der Waals surface area contributed by atoms with E-state index >= 15 is 0 Å². The maximum atomic E-state index is 12.6. The Kier molecular flexibility index (Phi) is 5.90. The van der Waals surface area contributed by atoms with E-state index in [4.69, 9.17) is 11.6 Å². The molecule has 3 rings (SSSR count). The van der Waals surface area contributed by atoms with Gasteiger partial charge in [-0.15, -0.1) is 0 Å². The van der Waals surface area contributed by atoms with E-state index < -0.39 is 10.0 Å². The van der Waals surface area contributed by atoms with Crippen molar-refractivity contribution in [3.8, 4) is 0 Å². The number of carbonyl (C=O) groups is 1. The molecule has 6 nitrogen and oxygen atoms in total. The zero-order chi connectivity index (χ0) is 18.6. The summed E-state index contributed by atoms with van der Waals surface area (Å²) in [6.45, 7) is 1.39. The van der Waals surface area contributed by atoms with Gasteiger partial charge in [-0.25, -0.2) is 8.42 Å². The lowest BCUT2D eigenvalue weighted by Crippen LogP contribution is -2.50. The molecule has 2 heterocycles. The summed E-state index contributed by atoms with van der Waals surface area (Å²) in [6.07, 6.45) is 3.93. The van der Waals surface area contributed by atoms with Crippen LogP contribution in [0.25, 0.3) is 0 Å². The van der Waals surface area contributed by atoms with E-state index in [0.717, 1.165) is 5.56 Å². The molecule has 1 aliphatic rings. The number of aromatic nitrogens is 1. The van der Waals surface area contributed by atoms with Crippen molar-refractivity contribution >= 4 is 27.5 Å². The molecule has 26 heavy (non-hydrogen) atoms. The number of aryl methyl sites for hydroxylation is 1. The van der Waals surface area contributed by atoms with E-state index in [2.05, 4.69) is 4.98 Å². The van der Waals surface area contributed by atoms with Crippen LogP contribution in [0.5, 0.6) is 0 Å². The maximum Gasteiger partial charge on any atom is 0.244 e. The van der Waals surface area contributed by atoms with Crippen LogP contribution in [-0.4, -0.2) is 54.7 Å². The largest absolute Gasteiger partial charge is 0.340 e. The molecule has 1 fully saturated rings. The number of hydrogen-bond donors (Lipinski definition) is 0. The van der Waals surface area contributed by atoms with E-state index in [-0.39, 0.29) is 10.8 Å². The number of nitrogens with zero attached hydrogens (tertiary/aromatic N) is 3. The number of halogens is 1. The molecule has 0 bridgehead atoms. The van der Waals surface area contributed by atoms with Gasteiger partial charge in [0.1, 0.15) is 4.90 Å². The van der Waals surface area contributed by atoms with E-state index in [1.54, 1.807) is 11.0 Å². The number of benzene rings is 1. The number of sulfonamides is 1. The minimum Gasteiger partial charge on any atom is -0.340 e. The van der Waals surface area contributed by atoms with Crippen molar-refractivity contribution in [1.29, 1.82) is 0 Å². The molecule has 1 aromatic carbocycles. The van der Waals surface area contributed by atoms with Gasteiger partial charge in [0, 0.05) is 50.0 Å². The van der Waals surface area contributed by atoms with Crippen molar-refractivity contribution < 1.29 is 13.2 Å². The monoisotopic (exact) mass is 393 g/mol. The minimum atomic E-state index is -3.55. The molecule has 0 radical (unpaired) electrons. The van der Waals surface area contributed by atoms with E-state index in [1.807, 2.05) is 24.3 Å². The Morgan fingerprint density at radius 1 is 1.08 bits per heavy atom. The second-order valence-corrected chi connectivity index (χ2v) is 8.47. The van der Waals surface area contributed by atoms with Gasteiger partial charge in [-0.05, 0) is 36.2 Å². The van der Waals surface area contributed by atoms with Crippen LogP contribution in [0.2, 0.25) is 5.02 Å². The fourth-order valence-corrected chi connectivity index (χ4v) is 4.40. The van der Waals surface area contributed by atoms with Crippen LogP contribution < -0.4 is 0 Å². The smallest absolute Gasteiger partial charge is 0.244 e. The second kappa shape index (κ2) is 8.16. The quantitative estimate of drug-likeness (QED) is 0.780. The van der Waals surface area contributed by atoms with E-state index in [0.29, 0.717) is 44.0 Å². The molecule has 0 unspecified atom stereocenters. The highest BCUT2D eigenvalue weighted by molar-refractivity contribution is 7.89. The first-order valence-electron chi connectivity index (χ1n) is 8.39. The van der Waals surface area contributed by atoms with Gasteiger partial charge in [0.25, 0.3) is 0 Å². The number of carbonyl (C=O) groups excluding carboxylic acids is 1. The van der Waals surface area contributed by atoms with Gasteiger partial charge in [-0.3, -0.25) is 9.78 Å². The topological polar surface area (TPSA) is 70.6 Å². The highest BCUT2D eigenvalue weighted by atomic mass is 35.5. The van der Waals surface area contributed by atoms with Gasteiger partial charge in [-0.1, -0.05) is 23.7 Å². The molecule has 1 saturated heterocycles. The number of rotatable bonds is 5. The molecule has 0 N–H and O–H groups in total. The van der Waals surface area contributed by atoms with Gasteiger partial charge in [-0.2, -0.15) is 4.31 Å². The summed E-state index contributed by atoms with van der Waals surface area (Å²) in [5.41, 5.74) is 1.06. The average Bonchev–Trinajstić information content (AvgIpc) is 2.68. The van der Waals surface area contributed by atoms with Crippen molar-refractivity contribution in [3.63, 3.8) is 0 Å². The Labute approximate surface area is 158 Å². The molecule has 0 saturated carbocycles. The third-order valence-corrected chi connectivity index (χ3v) is 6.54. The molecule has 1 aromatic heterocycles. The molecular weight excluding hydrogens is 374 g/mol. The van der Waals surface area contributed by atoms with Crippen molar-refractivity contribution in [2.24, 2.45) is 0 Å². The van der Waals surface area contributed by atoms with E-state index in [9.17, 15) is 13.2 Å². The maximum absolute atomic E-state index is 12.6. The summed E-state index contributed by atoms with van der Waals surface area (Å²) in [6, 6.07) is 10.6. The fourth-order valence-electron chi connectivity index (χ4n) is 2.89. The van der Waals surface area contributed by atoms with Crippen LogP contribution in [0.4, 0.5) is 0 Å². The Morgan fingerprint density at radius 3 is 2.38 bits per heavy atom. The number of pyridine rings is 1. The molecule has 2 aromatic rings. The Balaban J connectivity index is 1.53. The predicted molar refractivity (Wildman–Crippen MR) is 99.3 cm³/mol. The SMILES string of the molecule is O=C(CCc1ccc(Cl)cc1)N1CCN(S(=O)(=O)c2cccnc2)CC1. The molecule has 0 atom stereocenters. The molecule has 0 aliphatic carbocycles. The average molecular weight is 394 g/mol. The first-order chi connectivity index (χ1) is 12.5. The zero-order valence-corrected chi connectivity index (χ0v) is 15.8. The third-order valence-electron chi connectivity index (χ3n) is 4.40. The van der Waals surface area contributed by atoms with Gasteiger partial charge >= 0.3 is 0 Å². The van der Waals surface area contributed by atoms with Gasteiger partial charge in [0.2, 0.25) is 15.9 Å². The summed E-state index contributed by atoms with van der Waals surface area (Å²) in [5, 5.41) is 0.672. The second-order valence-electron chi connectivity index (χ2n) is 6.10. The van der Waals surface area contributed by atoms with Crippen molar-refractivity contribution in [2.75, 3.05) is 26.2 Å². The Morgan fingerprint density at radius 2 is 1.77 bits per heavy atom. The summed E-state index contributed by atoms with van der Waals surface area (Å²) < 4.78 is 26.6.